The SMILES string of the molecule is Cc1nnnn1-c1cccc(NC(=O)CC(C)CN)c1. The summed E-state index contributed by atoms with van der Waals surface area (Å²) in [5, 5.41) is 14.2. The van der Waals surface area contributed by atoms with Crippen molar-refractivity contribution < 1.29 is 4.79 Å². The number of nitrogens with zero attached hydrogens (tertiary/aromatic N) is 4. The molecule has 0 saturated heterocycles. The van der Waals surface area contributed by atoms with E-state index in [0.717, 1.165) is 5.69 Å². The average Bonchev–Trinajstić information content (AvgIpc) is 2.85. The molecule has 1 amide bonds. The molecule has 0 aliphatic rings. The highest BCUT2D eigenvalue weighted by Crippen LogP contribution is 2.15. The minimum Gasteiger partial charge on any atom is -0.330 e. The van der Waals surface area contributed by atoms with Crippen LogP contribution < -0.4 is 11.1 Å². The van der Waals surface area contributed by atoms with Crippen molar-refractivity contribution in [3.63, 3.8) is 0 Å². The Morgan fingerprint density at radius 1 is 1.50 bits per heavy atom. The lowest BCUT2D eigenvalue weighted by molar-refractivity contribution is -0.116. The van der Waals surface area contributed by atoms with Crippen LogP contribution in [0.1, 0.15) is 19.2 Å². The second kappa shape index (κ2) is 6.25. The molecule has 1 aromatic heterocycles. The molecule has 7 nitrogen and oxygen atoms in total. The summed E-state index contributed by atoms with van der Waals surface area (Å²) in [7, 11) is 0. The summed E-state index contributed by atoms with van der Waals surface area (Å²) in [6.07, 6.45) is 0.407. The van der Waals surface area contributed by atoms with Gasteiger partial charge in [-0.1, -0.05) is 13.0 Å². The predicted octanol–water partition coefficient (Wildman–Crippen LogP) is 0.894. The topological polar surface area (TPSA) is 98.7 Å². The maximum Gasteiger partial charge on any atom is 0.224 e. The van der Waals surface area contributed by atoms with Crippen molar-refractivity contribution in [1.29, 1.82) is 0 Å². The quantitative estimate of drug-likeness (QED) is 0.843. The Labute approximate surface area is 117 Å². The van der Waals surface area contributed by atoms with Gasteiger partial charge >= 0.3 is 0 Å². The lowest BCUT2D eigenvalue weighted by Crippen LogP contribution is -2.20. The first kappa shape index (κ1) is 14.1. The largest absolute Gasteiger partial charge is 0.330 e. The Kier molecular flexibility index (Phi) is 4.41. The molecular weight excluding hydrogens is 256 g/mol. The van der Waals surface area contributed by atoms with Crippen molar-refractivity contribution in [3.8, 4) is 5.69 Å². The lowest BCUT2D eigenvalue weighted by atomic mass is 10.1. The number of benzene rings is 1. The molecule has 0 bridgehead atoms. The molecule has 7 heteroatoms. The number of anilines is 1. The van der Waals surface area contributed by atoms with Crippen molar-refractivity contribution >= 4 is 11.6 Å². The Morgan fingerprint density at radius 3 is 2.95 bits per heavy atom. The molecule has 1 heterocycles. The van der Waals surface area contributed by atoms with Crippen LogP contribution in [0.4, 0.5) is 5.69 Å². The summed E-state index contributed by atoms with van der Waals surface area (Å²) in [4.78, 5) is 11.8. The third kappa shape index (κ3) is 3.39. The fourth-order valence-corrected chi connectivity index (χ4v) is 1.80. The Balaban J connectivity index is 2.11. The first-order valence-electron chi connectivity index (χ1n) is 6.45. The summed E-state index contributed by atoms with van der Waals surface area (Å²) in [6, 6.07) is 7.38. The van der Waals surface area contributed by atoms with Gasteiger partial charge < -0.3 is 11.1 Å². The molecule has 2 rings (SSSR count). The Bertz CT molecular complexity index is 594. The van der Waals surface area contributed by atoms with Gasteiger partial charge in [-0.15, -0.1) is 5.10 Å². The molecule has 0 spiro atoms. The number of carbonyl (C=O) groups is 1. The van der Waals surface area contributed by atoms with E-state index in [4.69, 9.17) is 5.73 Å². The number of nitrogens with one attached hydrogen (secondary N) is 1. The van der Waals surface area contributed by atoms with Crippen LogP contribution in [-0.2, 0) is 4.79 Å². The van der Waals surface area contributed by atoms with E-state index in [0.29, 0.717) is 24.5 Å². The fourth-order valence-electron chi connectivity index (χ4n) is 1.80. The first-order chi connectivity index (χ1) is 9.60. The monoisotopic (exact) mass is 274 g/mol. The average molecular weight is 274 g/mol. The zero-order valence-electron chi connectivity index (χ0n) is 11.6. The van der Waals surface area contributed by atoms with Crippen LogP contribution in [-0.4, -0.2) is 32.7 Å². The van der Waals surface area contributed by atoms with Crippen LogP contribution in [0, 0.1) is 12.8 Å². The van der Waals surface area contributed by atoms with Gasteiger partial charge in [-0.3, -0.25) is 4.79 Å². The fraction of sp³-hybridized carbons (Fsp3) is 0.385. The number of aryl methyl sites for hydroxylation is 1. The first-order valence-corrected chi connectivity index (χ1v) is 6.45. The smallest absolute Gasteiger partial charge is 0.224 e. The van der Waals surface area contributed by atoms with Crippen molar-refractivity contribution in [2.45, 2.75) is 20.3 Å². The maximum atomic E-state index is 11.8. The normalized spacial score (nSPS) is 12.2. The summed E-state index contributed by atoms with van der Waals surface area (Å²) >= 11 is 0. The highest BCUT2D eigenvalue weighted by molar-refractivity contribution is 5.91. The number of carbonyl (C=O) groups excluding carboxylic acids is 1. The van der Waals surface area contributed by atoms with Gasteiger partial charge in [-0.25, -0.2) is 0 Å². The molecule has 0 aliphatic heterocycles. The van der Waals surface area contributed by atoms with Gasteiger partial charge in [-0.2, -0.15) is 4.68 Å². The van der Waals surface area contributed by atoms with Gasteiger partial charge in [-0.05, 0) is 48.0 Å². The molecule has 20 heavy (non-hydrogen) atoms. The standard InChI is InChI=1S/C13H18N6O/c1-9(8-14)6-13(20)15-11-4-3-5-12(7-11)19-10(2)16-17-18-19/h3-5,7,9H,6,8,14H2,1-2H3,(H,15,20). The highest BCUT2D eigenvalue weighted by Gasteiger charge is 2.09. The second-order valence-electron chi connectivity index (χ2n) is 4.78. The third-order valence-electron chi connectivity index (χ3n) is 2.94. The van der Waals surface area contributed by atoms with Crippen LogP contribution in [0.25, 0.3) is 5.69 Å². The number of nitrogens with two attached hydrogens (primary N) is 1. The van der Waals surface area contributed by atoms with Crippen LogP contribution in [0.3, 0.4) is 0 Å². The van der Waals surface area contributed by atoms with E-state index in [1.807, 2.05) is 38.1 Å². The highest BCUT2D eigenvalue weighted by atomic mass is 16.1. The minimum absolute atomic E-state index is 0.0477. The number of rotatable bonds is 5. The number of hydrogen-bond acceptors (Lipinski definition) is 5. The van der Waals surface area contributed by atoms with Gasteiger partial charge in [0.25, 0.3) is 0 Å². The van der Waals surface area contributed by atoms with E-state index in [1.165, 1.54) is 0 Å². The number of tetrazole rings is 1. The van der Waals surface area contributed by atoms with Crippen molar-refractivity contribution in [1.82, 2.24) is 20.2 Å². The molecule has 2 aromatic rings. The van der Waals surface area contributed by atoms with E-state index in [-0.39, 0.29) is 11.8 Å². The maximum absolute atomic E-state index is 11.8. The molecular formula is C13H18N6O. The van der Waals surface area contributed by atoms with Crippen LogP contribution in [0.5, 0.6) is 0 Å². The number of hydrogen-bond donors (Lipinski definition) is 2. The number of aromatic nitrogens is 4. The van der Waals surface area contributed by atoms with E-state index >= 15 is 0 Å². The minimum atomic E-state index is -0.0477. The predicted molar refractivity (Wildman–Crippen MR) is 75.4 cm³/mol. The molecule has 1 aromatic carbocycles. The van der Waals surface area contributed by atoms with Crippen molar-refractivity contribution in [2.24, 2.45) is 11.7 Å². The molecule has 106 valence electrons. The molecule has 0 saturated carbocycles. The Hall–Kier alpha value is -2.28. The van der Waals surface area contributed by atoms with E-state index in [9.17, 15) is 4.79 Å². The molecule has 0 fully saturated rings. The number of amides is 1. The molecule has 0 aliphatic carbocycles. The lowest BCUT2D eigenvalue weighted by Gasteiger charge is -2.10. The van der Waals surface area contributed by atoms with Crippen LogP contribution in [0.15, 0.2) is 24.3 Å². The Morgan fingerprint density at radius 2 is 2.30 bits per heavy atom. The van der Waals surface area contributed by atoms with Crippen molar-refractivity contribution in [2.75, 3.05) is 11.9 Å². The van der Waals surface area contributed by atoms with Gasteiger partial charge in [0.2, 0.25) is 5.91 Å². The summed E-state index contributed by atoms with van der Waals surface area (Å²) in [6.45, 7) is 4.26. The molecule has 1 atom stereocenters. The van der Waals surface area contributed by atoms with Crippen LogP contribution >= 0.6 is 0 Å². The van der Waals surface area contributed by atoms with Crippen LogP contribution in [0.2, 0.25) is 0 Å². The van der Waals surface area contributed by atoms with E-state index in [2.05, 4.69) is 20.8 Å². The third-order valence-corrected chi connectivity index (χ3v) is 2.94. The van der Waals surface area contributed by atoms with E-state index in [1.54, 1.807) is 4.68 Å². The summed E-state index contributed by atoms with van der Waals surface area (Å²) in [5.41, 5.74) is 7.03. The van der Waals surface area contributed by atoms with Gasteiger partial charge in [0.1, 0.15) is 0 Å². The summed E-state index contributed by atoms with van der Waals surface area (Å²) < 4.78 is 1.61. The molecule has 3 N–H and O–H groups in total. The van der Waals surface area contributed by atoms with Gasteiger partial charge in [0, 0.05) is 12.1 Å². The zero-order valence-corrected chi connectivity index (χ0v) is 11.6. The van der Waals surface area contributed by atoms with E-state index < -0.39 is 0 Å². The van der Waals surface area contributed by atoms with Gasteiger partial charge in [0.05, 0.1) is 5.69 Å². The molecule has 0 radical (unpaired) electrons. The zero-order chi connectivity index (χ0) is 14.5. The summed E-state index contributed by atoms with van der Waals surface area (Å²) in [5.74, 6) is 0.804. The van der Waals surface area contributed by atoms with Gasteiger partial charge in [0.15, 0.2) is 5.82 Å². The molecule has 1 unspecified atom stereocenters. The second-order valence-corrected chi connectivity index (χ2v) is 4.78. The van der Waals surface area contributed by atoms with Crippen molar-refractivity contribution in [3.05, 3.63) is 30.1 Å².